The third-order valence-corrected chi connectivity index (χ3v) is 5.83. The number of allylic oxidation sites excluding steroid dienone is 1. The van der Waals surface area contributed by atoms with E-state index in [0.29, 0.717) is 34.3 Å². The summed E-state index contributed by atoms with van der Waals surface area (Å²) in [6.07, 6.45) is 3.23. The van der Waals surface area contributed by atoms with E-state index in [2.05, 4.69) is 41.6 Å². The minimum absolute atomic E-state index is 0.273. The largest absolute Gasteiger partial charge is 0.328 e. The lowest BCUT2D eigenvalue weighted by molar-refractivity contribution is -0.113. The van der Waals surface area contributed by atoms with Crippen LogP contribution in [0, 0.1) is 5.82 Å². The SMILES string of the molecule is CC1=C(C(=O)Nc2cccnc2)C(c2ccc(Br)cc2)n2nc(-c3ccc(F)cc3)nc2N1. The number of nitrogens with one attached hydrogen (secondary N) is 2. The molecule has 1 aliphatic rings. The van der Waals surface area contributed by atoms with Gasteiger partial charge in [0.25, 0.3) is 5.91 Å². The van der Waals surface area contributed by atoms with Gasteiger partial charge in [0.2, 0.25) is 5.95 Å². The number of carbonyl (C=O) groups is 1. The normalized spacial score (nSPS) is 15.1. The third-order valence-electron chi connectivity index (χ3n) is 5.30. The molecular weight excluding hydrogens is 487 g/mol. The van der Waals surface area contributed by atoms with Gasteiger partial charge in [0, 0.05) is 21.9 Å². The minimum Gasteiger partial charge on any atom is -0.328 e. The van der Waals surface area contributed by atoms with E-state index >= 15 is 0 Å². The minimum atomic E-state index is -0.521. The van der Waals surface area contributed by atoms with Crippen molar-refractivity contribution in [2.45, 2.75) is 13.0 Å². The number of halogens is 2. The lowest BCUT2D eigenvalue weighted by Gasteiger charge is -2.28. The fourth-order valence-electron chi connectivity index (χ4n) is 3.75. The van der Waals surface area contributed by atoms with E-state index in [1.807, 2.05) is 31.2 Å². The summed E-state index contributed by atoms with van der Waals surface area (Å²) in [6.45, 7) is 1.83. The molecule has 0 radical (unpaired) electrons. The second kappa shape index (κ2) is 8.59. The van der Waals surface area contributed by atoms with Crippen molar-refractivity contribution < 1.29 is 9.18 Å². The average molecular weight is 505 g/mol. The molecule has 0 saturated carbocycles. The predicted molar refractivity (Wildman–Crippen MR) is 127 cm³/mol. The number of benzene rings is 2. The van der Waals surface area contributed by atoms with Crippen molar-refractivity contribution in [2.75, 3.05) is 10.6 Å². The van der Waals surface area contributed by atoms with Crippen LogP contribution in [0.1, 0.15) is 18.5 Å². The molecule has 2 aromatic heterocycles. The highest BCUT2D eigenvalue weighted by Crippen LogP contribution is 2.37. The highest BCUT2D eigenvalue weighted by atomic mass is 79.9. The highest BCUT2D eigenvalue weighted by Gasteiger charge is 2.34. The van der Waals surface area contributed by atoms with Crippen molar-refractivity contribution in [2.24, 2.45) is 0 Å². The van der Waals surface area contributed by atoms with E-state index in [1.54, 1.807) is 41.3 Å². The number of amides is 1. The molecule has 0 spiro atoms. The Labute approximate surface area is 197 Å². The number of anilines is 2. The summed E-state index contributed by atoms with van der Waals surface area (Å²) < 4.78 is 16.0. The topological polar surface area (TPSA) is 84.7 Å². The van der Waals surface area contributed by atoms with Crippen LogP contribution in [0.4, 0.5) is 16.0 Å². The van der Waals surface area contributed by atoms with E-state index in [1.165, 1.54) is 12.1 Å². The molecule has 9 heteroatoms. The van der Waals surface area contributed by atoms with Crippen LogP contribution in [0.15, 0.2) is 88.8 Å². The van der Waals surface area contributed by atoms with Crippen LogP contribution in [-0.2, 0) is 4.79 Å². The molecule has 1 atom stereocenters. The summed E-state index contributed by atoms with van der Waals surface area (Å²) in [5.41, 5.74) is 3.30. The molecule has 7 nitrogen and oxygen atoms in total. The first kappa shape index (κ1) is 21.0. The van der Waals surface area contributed by atoms with Crippen LogP contribution in [0.5, 0.6) is 0 Å². The van der Waals surface area contributed by atoms with Gasteiger partial charge in [-0.25, -0.2) is 9.07 Å². The van der Waals surface area contributed by atoms with Gasteiger partial charge in [0.15, 0.2) is 5.82 Å². The molecule has 0 saturated heterocycles. The zero-order chi connectivity index (χ0) is 22.9. The van der Waals surface area contributed by atoms with E-state index in [-0.39, 0.29) is 11.7 Å². The summed E-state index contributed by atoms with van der Waals surface area (Å²) in [4.78, 5) is 22.1. The predicted octanol–water partition coefficient (Wildman–Crippen LogP) is 5.17. The van der Waals surface area contributed by atoms with Gasteiger partial charge in [-0.05, 0) is 61.0 Å². The van der Waals surface area contributed by atoms with Crippen molar-refractivity contribution in [1.29, 1.82) is 0 Å². The summed E-state index contributed by atoms with van der Waals surface area (Å²) in [7, 11) is 0. The molecule has 3 heterocycles. The van der Waals surface area contributed by atoms with Crippen molar-refractivity contribution in [3.05, 3.63) is 100 Å². The van der Waals surface area contributed by atoms with Crippen LogP contribution in [0.2, 0.25) is 0 Å². The van der Waals surface area contributed by atoms with Crippen LogP contribution in [0.3, 0.4) is 0 Å². The van der Waals surface area contributed by atoms with Crippen molar-refractivity contribution in [1.82, 2.24) is 19.7 Å². The molecule has 2 aromatic carbocycles. The maximum absolute atomic E-state index is 13.4. The van der Waals surface area contributed by atoms with E-state index in [9.17, 15) is 9.18 Å². The smallest absolute Gasteiger partial charge is 0.255 e. The Morgan fingerprint density at radius 2 is 1.88 bits per heavy atom. The zero-order valence-corrected chi connectivity index (χ0v) is 19.0. The molecule has 1 amide bonds. The maximum Gasteiger partial charge on any atom is 0.255 e. The number of carbonyl (C=O) groups excluding carboxylic acids is 1. The second-order valence-electron chi connectivity index (χ2n) is 7.52. The van der Waals surface area contributed by atoms with Gasteiger partial charge in [-0.2, -0.15) is 4.98 Å². The van der Waals surface area contributed by atoms with Crippen LogP contribution in [-0.4, -0.2) is 25.7 Å². The summed E-state index contributed by atoms with van der Waals surface area (Å²) in [5, 5.41) is 10.8. The van der Waals surface area contributed by atoms with Gasteiger partial charge in [-0.15, -0.1) is 5.10 Å². The fourth-order valence-corrected chi connectivity index (χ4v) is 4.02. The highest BCUT2D eigenvalue weighted by molar-refractivity contribution is 9.10. The second-order valence-corrected chi connectivity index (χ2v) is 8.44. The molecule has 4 aromatic rings. The third kappa shape index (κ3) is 4.14. The van der Waals surface area contributed by atoms with Gasteiger partial charge in [-0.3, -0.25) is 9.78 Å². The molecule has 0 bridgehead atoms. The summed E-state index contributed by atoms with van der Waals surface area (Å²) >= 11 is 3.47. The van der Waals surface area contributed by atoms with E-state index in [4.69, 9.17) is 0 Å². The standard InChI is InChI=1S/C24H18BrFN6O/c1-14-20(23(33)29-19-3-2-12-27-13-19)21(15-4-8-17(25)9-5-15)32-24(28-14)30-22(31-32)16-6-10-18(26)11-7-16/h2-13,21H,1H3,(H,29,33)(H,28,30,31). The van der Waals surface area contributed by atoms with E-state index in [0.717, 1.165) is 10.0 Å². The molecule has 0 aliphatic carbocycles. The first-order chi connectivity index (χ1) is 16.0. The molecule has 0 fully saturated rings. The van der Waals surface area contributed by atoms with Crippen LogP contribution >= 0.6 is 15.9 Å². The van der Waals surface area contributed by atoms with Gasteiger partial charge in [-0.1, -0.05) is 28.1 Å². The Hall–Kier alpha value is -3.85. The molecule has 5 rings (SSSR count). The molecule has 164 valence electrons. The molecule has 1 unspecified atom stereocenters. The number of aromatic nitrogens is 4. The number of rotatable bonds is 4. The first-order valence-corrected chi connectivity index (χ1v) is 11.0. The number of fused-ring (bicyclic) bond motifs is 1. The lowest BCUT2D eigenvalue weighted by atomic mass is 9.95. The number of hydrogen-bond donors (Lipinski definition) is 2. The lowest BCUT2D eigenvalue weighted by Crippen LogP contribution is -2.31. The molecule has 1 aliphatic heterocycles. The average Bonchev–Trinajstić information content (AvgIpc) is 3.23. The van der Waals surface area contributed by atoms with Gasteiger partial charge >= 0.3 is 0 Å². The Morgan fingerprint density at radius 1 is 1.12 bits per heavy atom. The summed E-state index contributed by atoms with van der Waals surface area (Å²) in [6, 6.07) is 16.7. The van der Waals surface area contributed by atoms with Crippen LogP contribution in [0.25, 0.3) is 11.4 Å². The van der Waals surface area contributed by atoms with Gasteiger partial charge in [0.1, 0.15) is 11.9 Å². The number of hydrogen-bond acceptors (Lipinski definition) is 5. The quantitative estimate of drug-likeness (QED) is 0.400. The monoisotopic (exact) mass is 504 g/mol. The maximum atomic E-state index is 13.4. The number of pyridine rings is 1. The van der Waals surface area contributed by atoms with Crippen molar-refractivity contribution in [3.63, 3.8) is 0 Å². The Bertz CT molecular complexity index is 1350. The Kier molecular flexibility index (Phi) is 5.47. The fraction of sp³-hybridized carbons (Fsp3) is 0.0833. The first-order valence-electron chi connectivity index (χ1n) is 10.2. The zero-order valence-electron chi connectivity index (χ0n) is 17.5. The van der Waals surface area contributed by atoms with E-state index < -0.39 is 6.04 Å². The molecule has 2 N–H and O–H groups in total. The Balaban J connectivity index is 1.60. The van der Waals surface area contributed by atoms with Gasteiger partial charge in [0.05, 0.1) is 17.5 Å². The molecule has 33 heavy (non-hydrogen) atoms. The van der Waals surface area contributed by atoms with Crippen LogP contribution < -0.4 is 10.6 Å². The summed E-state index contributed by atoms with van der Waals surface area (Å²) in [5.74, 6) is 0.324. The van der Waals surface area contributed by atoms with Crippen molar-refractivity contribution in [3.8, 4) is 11.4 Å². The molecular formula is C24H18BrFN6O. The van der Waals surface area contributed by atoms with Crippen molar-refractivity contribution >= 4 is 33.5 Å². The van der Waals surface area contributed by atoms with Gasteiger partial charge < -0.3 is 10.6 Å². The number of nitrogens with zero attached hydrogens (tertiary/aromatic N) is 4. The Morgan fingerprint density at radius 3 is 2.58 bits per heavy atom.